The first-order valence-corrected chi connectivity index (χ1v) is 11.4. The second kappa shape index (κ2) is 10.9. The zero-order valence-electron chi connectivity index (χ0n) is 16.0. The number of benzene rings is 2. The minimum atomic E-state index is -3.45. The molecule has 2 aromatic rings. The van der Waals surface area contributed by atoms with Gasteiger partial charge < -0.3 is 5.11 Å². The van der Waals surface area contributed by atoms with Gasteiger partial charge in [-0.25, -0.2) is 13.2 Å². The van der Waals surface area contributed by atoms with Crippen LogP contribution < -0.4 is 4.83 Å². The van der Waals surface area contributed by atoms with E-state index in [1.807, 2.05) is 30.3 Å². The third kappa shape index (κ3) is 7.21. The van der Waals surface area contributed by atoms with Gasteiger partial charge in [0.25, 0.3) is 0 Å². The predicted molar refractivity (Wildman–Crippen MR) is 113 cm³/mol. The first-order valence-electron chi connectivity index (χ1n) is 9.77. The fraction of sp³-hybridized carbons (Fsp3) is 0.476. The highest BCUT2D eigenvalue weighted by Crippen LogP contribution is 2.25. The lowest BCUT2D eigenvalue weighted by atomic mass is 10.0. The summed E-state index contributed by atoms with van der Waals surface area (Å²) in [6.45, 7) is 2.20. The summed E-state index contributed by atoms with van der Waals surface area (Å²) in [6, 6.07) is 11.0. The molecule has 0 aromatic heterocycles. The van der Waals surface area contributed by atoms with Crippen molar-refractivity contribution in [3.05, 3.63) is 42.0 Å². The maximum atomic E-state index is 12.1. The number of nitrogens with zero attached hydrogens (tertiary/aromatic N) is 1. The highest BCUT2D eigenvalue weighted by molar-refractivity contribution is 7.89. The summed E-state index contributed by atoms with van der Waals surface area (Å²) in [5, 5.41) is 15.7. The molecule has 0 aliphatic heterocycles. The Bertz CT molecular complexity index is 848. The van der Waals surface area contributed by atoms with Crippen molar-refractivity contribution >= 4 is 27.0 Å². The van der Waals surface area contributed by atoms with Gasteiger partial charge >= 0.3 is 0 Å². The van der Waals surface area contributed by atoms with Crippen molar-refractivity contribution in [3.63, 3.8) is 0 Å². The summed E-state index contributed by atoms with van der Waals surface area (Å²) in [4.78, 5) is 2.25. The van der Waals surface area contributed by atoms with Gasteiger partial charge in [-0.05, 0) is 23.3 Å². The number of nitrogens with one attached hydrogen (secondary N) is 1. The molecule has 148 valence electrons. The molecule has 0 spiro atoms. The van der Waals surface area contributed by atoms with Crippen molar-refractivity contribution in [2.45, 2.75) is 58.3 Å². The minimum absolute atomic E-state index is 0.0692. The number of phenolic OH excluding ortho intramolecular Hbond substituents is 1. The summed E-state index contributed by atoms with van der Waals surface area (Å²) in [5.41, 5.74) is 0.503. The summed E-state index contributed by atoms with van der Waals surface area (Å²) < 4.78 is 24.1. The smallest absolute Gasteiger partial charge is 0.247 e. The van der Waals surface area contributed by atoms with Crippen LogP contribution in [0.5, 0.6) is 5.75 Å². The molecule has 2 N–H and O–H groups in total. The van der Waals surface area contributed by atoms with E-state index in [1.54, 1.807) is 6.07 Å². The molecule has 2 rings (SSSR count). The molecule has 0 heterocycles. The van der Waals surface area contributed by atoms with Gasteiger partial charge in [0.15, 0.2) is 0 Å². The summed E-state index contributed by atoms with van der Waals surface area (Å²) in [7, 11) is -3.45. The summed E-state index contributed by atoms with van der Waals surface area (Å²) >= 11 is 0. The van der Waals surface area contributed by atoms with E-state index in [9.17, 15) is 13.5 Å². The molecule has 0 radical (unpaired) electrons. The number of aromatic hydroxyl groups is 1. The first-order chi connectivity index (χ1) is 13.0. The first kappa shape index (κ1) is 21.2. The van der Waals surface area contributed by atoms with Gasteiger partial charge in [-0.1, -0.05) is 82.2 Å². The largest absolute Gasteiger partial charge is 0.507 e. The van der Waals surface area contributed by atoms with Crippen molar-refractivity contribution < 1.29 is 13.5 Å². The molecule has 0 saturated heterocycles. The molecule has 27 heavy (non-hydrogen) atoms. The number of hydrogen-bond donors (Lipinski definition) is 2. The molecule has 6 heteroatoms. The Morgan fingerprint density at radius 2 is 1.63 bits per heavy atom. The van der Waals surface area contributed by atoms with E-state index in [0.717, 1.165) is 23.6 Å². The van der Waals surface area contributed by atoms with Gasteiger partial charge in [-0.3, -0.25) is 0 Å². The molecule has 0 atom stereocenters. The molecule has 0 aliphatic carbocycles. The Kier molecular flexibility index (Phi) is 8.58. The topological polar surface area (TPSA) is 78.8 Å². The number of rotatable bonds is 12. The second-order valence-corrected chi connectivity index (χ2v) is 8.68. The fourth-order valence-corrected chi connectivity index (χ4v) is 3.95. The van der Waals surface area contributed by atoms with Crippen molar-refractivity contribution in [2.24, 2.45) is 5.10 Å². The zero-order chi connectivity index (χ0) is 19.5. The Hall–Kier alpha value is -2.08. The van der Waals surface area contributed by atoms with Crippen LogP contribution in [-0.4, -0.2) is 25.5 Å². The van der Waals surface area contributed by atoms with Gasteiger partial charge in [0, 0.05) is 5.56 Å². The summed E-state index contributed by atoms with van der Waals surface area (Å²) in [6.07, 6.45) is 10.2. The van der Waals surface area contributed by atoms with Gasteiger partial charge in [-0.15, -0.1) is 0 Å². The third-order valence-electron chi connectivity index (χ3n) is 4.60. The van der Waals surface area contributed by atoms with E-state index in [-0.39, 0.29) is 11.5 Å². The average molecular weight is 391 g/mol. The molecule has 2 aromatic carbocycles. The molecule has 0 aliphatic rings. The molecule has 0 fully saturated rings. The van der Waals surface area contributed by atoms with Crippen LogP contribution >= 0.6 is 0 Å². The highest BCUT2D eigenvalue weighted by atomic mass is 32.2. The van der Waals surface area contributed by atoms with Crippen LogP contribution in [0.1, 0.15) is 63.9 Å². The SMILES string of the molecule is CCCCCCCCCCS(=O)(=O)N/N=C/c1c(O)ccc2ccccc12. The predicted octanol–water partition coefficient (Wildman–Crippen LogP) is 4.94. The van der Waals surface area contributed by atoms with Gasteiger partial charge in [0.1, 0.15) is 5.75 Å². The third-order valence-corrected chi connectivity index (χ3v) is 5.81. The lowest BCUT2D eigenvalue weighted by molar-refractivity contribution is 0.475. The van der Waals surface area contributed by atoms with Gasteiger partial charge in [0.05, 0.1) is 12.0 Å². The molecule has 5 nitrogen and oxygen atoms in total. The number of phenols is 1. The molecule has 0 amide bonds. The Balaban J connectivity index is 1.81. The van der Waals surface area contributed by atoms with Crippen LogP contribution in [-0.2, 0) is 10.0 Å². The van der Waals surface area contributed by atoms with Crippen molar-refractivity contribution in [2.75, 3.05) is 5.75 Å². The fourth-order valence-electron chi connectivity index (χ4n) is 3.06. The summed E-state index contributed by atoms with van der Waals surface area (Å²) in [5.74, 6) is 0.139. The second-order valence-electron chi connectivity index (χ2n) is 6.86. The Morgan fingerprint density at radius 1 is 0.963 bits per heavy atom. The van der Waals surface area contributed by atoms with E-state index in [4.69, 9.17) is 0 Å². The van der Waals surface area contributed by atoms with Crippen LogP contribution in [0.4, 0.5) is 0 Å². The number of hydrazone groups is 1. The van der Waals surface area contributed by atoms with Gasteiger partial charge in [-0.2, -0.15) is 5.10 Å². The lowest BCUT2D eigenvalue weighted by Gasteiger charge is -2.06. The van der Waals surface area contributed by atoms with Crippen LogP contribution in [0.3, 0.4) is 0 Å². The van der Waals surface area contributed by atoms with Crippen LogP contribution in [0.25, 0.3) is 10.8 Å². The zero-order valence-corrected chi connectivity index (χ0v) is 16.8. The normalized spacial score (nSPS) is 12.0. The van der Waals surface area contributed by atoms with Crippen LogP contribution in [0.2, 0.25) is 0 Å². The van der Waals surface area contributed by atoms with E-state index in [0.29, 0.717) is 12.0 Å². The molecule has 0 bridgehead atoms. The van der Waals surface area contributed by atoms with Crippen molar-refractivity contribution in [3.8, 4) is 5.75 Å². The quantitative estimate of drug-likeness (QED) is 0.306. The molecular formula is C21H30N2O3S. The maximum Gasteiger partial charge on any atom is 0.247 e. The maximum absolute atomic E-state index is 12.1. The lowest BCUT2D eigenvalue weighted by Crippen LogP contribution is -2.21. The van der Waals surface area contributed by atoms with E-state index in [1.165, 1.54) is 38.3 Å². The Morgan fingerprint density at radius 3 is 2.37 bits per heavy atom. The monoisotopic (exact) mass is 390 g/mol. The van der Waals surface area contributed by atoms with E-state index < -0.39 is 10.0 Å². The van der Waals surface area contributed by atoms with Gasteiger partial charge in [0.2, 0.25) is 10.0 Å². The van der Waals surface area contributed by atoms with Crippen molar-refractivity contribution in [1.82, 2.24) is 4.83 Å². The van der Waals surface area contributed by atoms with E-state index >= 15 is 0 Å². The number of hydrogen-bond acceptors (Lipinski definition) is 4. The number of sulfonamides is 1. The Labute approximate surface area is 162 Å². The minimum Gasteiger partial charge on any atom is -0.507 e. The highest BCUT2D eigenvalue weighted by Gasteiger charge is 2.09. The molecular weight excluding hydrogens is 360 g/mol. The van der Waals surface area contributed by atoms with Crippen LogP contribution in [0.15, 0.2) is 41.5 Å². The molecule has 0 unspecified atom stereocenters. The number of fused-ring (bicyclic) bond motifs is 1. The number of unbranched alkanes of at least 4 members (excludes halogenated alkanes) is 7. The van der Waals surface area contributed by atoms with Crippen molar-refractivity contribution in [1.29, 1.82) is 0 Å². The average Bonchev–Trinajstić information content (AvgIpc) is 2.65. The molecule has 0 saturated carbocycles. The van der Waals surface area contributed by atoms with E-state index in [2.05, 4.69) is 16.9 Å². The van der Waals surface area contributed by atoms with Crippen LogP contribution in [0, 0.1) is 0 Å². The standard InChI is InChI=1S/C21H30N2O3S/c1-2-3-4-5-6-7-8-11-16-27(25,26)23-22-17-20-19-13-10-9-12-18(19)14-15-21(20)24/h9-10,12-15,17,23-24H,2-8,11,16H2,1H3/b22-17+.